The van der Waals surface area contributed by atoms with E-state index >= 15 is 0 Å². The molecule has 1 aromatic carbocycles. The van der Waals surface area contributed by atoms with Gasteiger partial charge in [-0.2, -0.15) is 0 Å². The van der Waals surface area contributed by atoms with Gasteiger partial charge in [0.25, 0.3) is 0 Å². The smallest absolute Gasteiger partial charge is 0.339 e. The van der Waals surface area contributed by atoms with Gasteiger partial charge in [-0.25, -0.2) is 24.0 Å². The maximum Gasteiger partial charge on any atom is 0.339 e. The molecule has 0 fully saturated rings. The normalized spacial score (nSPS) is 9.97. The lowest BCUT2D eigenvalue weighted by atomic mass is 9.90. The van der Waals surface area contributed by atoms with Crippen LogP contribution in [0.4, 0.5) is 0 Å². The van der Waals surface area contributed by atoms with Gasteiger partial charge in [-0.05, 0) is 12.5 Å². The largest absolute Gasteiger partial charge is 0.465 e. The first-order valence-electron chi connectivity index (χ1n) is 8.50. The number of hydrogen-bond donors (Lipinski definition) is 0. The average molecular weight is 410 g/mol. The van der Waals surface area contributed by atoms with Crippen LogP contribution in [0.25, 0.3) is 0 Å². The van der Waals surface area contributed by atoms with Crippen molar-refractivity contribution < 1.29 is 47.7 Å². The Balaban J connectivity index is 3.99. The SMILES string of the molecule is CCCCOC(=O)c1cc(C(=O)OC)c(C(=O)OC)c(C(=O)OC)c1C(=O)OC. The molecule has 0 saturated carbocycles. The summed E-state index contributed by atoms with van der Waals surface area (Å²) in [5.41, 5.74) is -2.79. The van der Waals surface area contributed by atoms with E-state index in [-0.39, 0.29) is 6.61 Å². The van der Waals surface area contributed by atoms with Crippen molar-refractivity contribution in [2.45, 2.75) is 19.8 Å². The highest BCUT2D eigenvalue weighted by Gasteiger charge is 2.36. The summed E-state index contributed by atoms with van der Waals surface area (Å²) in [7, 11) is 4.06. The van der Waals surface area contributed by atoms with Crippen LogP contribution >= 0.6 is 0 Å². The molecule has 0 heterocycles. The van der Waals surface area contributed by atoms with Gasteiger partial charge in [-0.15, -0.1) is 0 Å². The molecular formula is C19H22O10. The fraction of sp³-hybridized carbons (Fsp3) is 0.421. The fourth-order valence-corrected chi connectivity index (χ4v) is 2.44. The molecule has 29 heavy (non-hydrogen) atoms. The zero-order valence-corrected chi connectivity index (χ0v) is 16.8. The van der Waals surface area contributed by atoms with Gasteiger partial charge in [-0.3, -0.25) is 0 Å². The lowest BCUT2D eigenvalue weighted by Gasteiger charge is -2.17. The van der Waals surface area contributed by atoms with Crippen molar-refractivity contribution in [3.63, 3.8) is 0 Å². The lowest BCUT2D eigenvalue weighted by molar-refractivity contribution is 0.0472. The molecule has 0 aliphatic rings. The van der Waals surface area contributed by atoms with Crippen LogP contribution < -0.4 is 0 Å². The zero-order chi connectivity index (χ0) is 22.1. The van der Waals surface area contributed by atoms with E-state index in [0.29, 0.717) is 6.42 Å². The Kier molecular flexibility index (Phi) is 8.78. The minimum atomic E-state index is -1.17. The third-order valence-electron chi connectivity index (χ3n) is 3.85. The van der Waals surface area contributed by atoms with Crippen LogP contribution in [0.1, 0.15) is 71.6 Å². The number of unbranched alkanes of at least 4 members (excludes halogenated alkanes) is 1. The Bertz CT molecular complexity index is 825. The molecule has 10 heteroatoms. The predicted molar refractivity (Wildman–Crippen MR) is 97.0 cm³/mol. The topological polar surface area (TPSA) is 132 Å². The quantitative estimate of drug-likeness (QED) is 0.355. The van der Waals surface area contributed by atoms with Gasteiger partial charge < -0.3 is 23.7 Å². The summed E-state index contributed by atoms with van der Waals surface area (Å²) in [4.78, 5) is 62.1. The first-order chi connectivity index (χ1) is 13.8. The highest BCUT2D eigenvalue weighted by atomic mass is 16.5. The van der Waals surface area contributed by atoms with Crippen LogP contribution in [-0.4, -0.2) is 64.9 Å². The van der Waals surface area contributed by atoms with Gasteiger partial charge in [0.05, 0.1) is 62.9 Å². The standard InChI is InChI=1S/C19H22O10/c1-6-7-8-29-16(21)11-9-10(15(20)25-2)12(17(22)26-3)14(19(24)28-5)13(11)18(23)27-4/h9H,6-8H2,1-5H3. The predicted octanol–water partition coefficient (Wildman–Crippen LogP) is 1.79. The third kappa shape index (κ3) is 5.09. The van der Waals surface area contributed by atoms with Crippen molar-refractivity contribution in [1.82, 2.24) is 0 Å². The minimum absolute atomic E-state index is 0.0375. The third-order valence-corrected chi connectivity index (χ3v) is 3.85. The van der Waals surface area contributed by atoms with Gasteiger partial charge >= 0.3 is 29.8 Å². The summed E-state index contributed by atoms with van der Waals surface area (Å²) in [5.74, 6) is -5.45. The molecule has 0 aliphatic heterocycles. The van der Waals surface area contributed by atoms with E-state index in [1.54, 1.807) is 0 Å². The van der Waals surface area contributed by atoms with E-state index < -0.39 is 57.7 Å². The Morgan fingerprint density at radius 1 is 0.655 bits per heavy atom. The molecule has 0 saturated heterocycles. The molecule has 158 valence electrons. The number of ether oxygens (including phenoxy) is 5. The maximum absolute atomic E-state index is 12.6. The summed E-state index contributed by atoms with van der Waals surface area (Å²) < 4.78 is 23.7. The number of carbonyl (C=O) groups excluding carboxylic acids is 5. The molecule has 0 radical (unpaired) electrons. The molecule has 0 N–H and O–H groups in total. The van der Waals surface area contributed by atoms with Crippen molar-refractivity contribution in [3.8, 4) is 0 Å². The van der Waals surface area contributed by atoms with Gasteiger partial charge in [-0.1, -0.05) is 13.3 Å². The molecule has 0 amide bonds. The molecule has 0 spiro atoms. The average Bonchev–Trinajstić information content (AvgIpc) is 2.75. The molecule has 0 aliphatic carbocycles. The van der Waals surface area contributed by atoms with E-state index in [9.17, 15) is 24.0 Å². The first kappa shape index (κ1) is 23.6. The monoisotopic (exact) mass is 410 g/mol. The second-order valence-electron chi connectivity index (χ2n) is 5.55. The molecule has 1 aromatic rings. The van der Waals surface area contributed by atoms with E-state index in [1.165, 1.54) is 0 Å². The molecule has 10 nitrogen and oxygen atoms in total. The second-order valence-corrected chi connectivity index (χ2v) is 5.55. The van der Waals surface area contributed by atoms with E-state index in [0.717, 1.165) is 40.9 Å². The highest BCUT2D eigenvalue weighted by molar-refractivity contribution is 6.18. The summed E-state index contributed by atoms with van der Waals surface area (Å²) >= 11 is 0. The summed E-state index contributed by atoms with van der Waals surface area (Å²) in [6.07, 6.45) is 1.28. The summed E-state index contributed by atoms with van der Waals surface area (Å²) in [6, 6.07) is 0.922. The lowest BCUT2D eigenvalue weighted by Crippen LogP contribution is -2.26. The molecule has 0 atom stereocenters. The van der Waals surface area contributed by atoms with Crippen LogP contribution in [0.2, 0.25) is 0 Å². The number of carbonyl (C=O) groups is 5. The Hall–Kier alpha value is -3.43. The van der Waals surface area contributed by atoms with Crippen molar-refractivity contribution >= 4 is 29.8 Å². The highest BCUT2D eigenvalue weighted by Crippen LogP contribution is 2.28. The van der Waals surface area contributed by atoms with Crippen LogP contribution in [-0.2, 0) is 23.7 Å². The zero-order valence-electron chi connectivity index (χ0n) is 16.8. The number of benzene rings is 1. The number of rotatable bonds is 8. The van der Waals surface area contributed by atoms with E-state index in [1.807, 2.05) is 6.92 Å². The Labute approximate surface area is 167 Å². The van der Waals surface area contributed by atoms with Gasteiger partial charge in [0, 0.05) is 0 Å². The van der Waals surface area contributed by atoms with Crippen LogP contribution in [0, 0.1) is 0 Å². The van der Waals surface area contributed by atoms with Gasteiger partial charge in [0.1, 0.15) is 0 Å². The van der Waals surface area contributed by atoms with E-state index in [2.05, 4.69) is 18.9 Å². The molecule has 0 aromatic heterocycles. The van der Waals surface area contributed by atoms with Gasteiger partial charge in [0.15, 0.2) is 0 Å². The van der Waals surface area contributed by atoms with Crippen molar-refractivity contribution in [2.75, 3.05) is 35.0 Å². The molecule has 1 rings (SSSR count). The molecular weight excluding hydrogens is 388 g/mol. The fourth-order valence-electron chi connectivity index (χ4n) is 2.44. The number of methoxy groups -OCH3 is 4. The summed E-state index contributed by atoms with van der Waals surface area (Å²) in [6.45, 7) is 1.92. The van der Waals surface area contributed by atoms with Crippen LogP contribution in [0.15, 0.2) is 6.07 Å². The van der Waals surface area contributed by atoms with Crippen LogP contribution in [0.5, 0.6) is 0 Å². The molecule has 0 unspecified atom stereocenters. The number of esters is 5. The van der Waals surface area contributed by atoms with Crippen molar-refractivity contribution in [3.05, 3.63) is 33.9 Å². The maximum atomic E-state index is 12.6. The second kappa shape index (κ2) is 10.8. The Morgan fingerprint density at radius 2 is 1.07 bits per heavy atom. The Morgan fingerprint density at radius 3 is 1.48 bits per heavy atom. The van der Waals surface area contributed by atoms with Crippen molar-refractivity contribution in [2.24, 2.45) is 0 Å². The minimum Gasteiger partial charge on any atom is -0.465 e. The summed E-state index contributed by atoms with van der Waals surface area (Å²) in [5, 5.41) is 0. The first-order valence-corrected chi connectivity index (χ1v) is 8.50. The number of hydrogen-bond acceptors (Lipinski definition) is 10. The van der Waals surface area contributed by atoms with Crippen LogP contribution in [0.3, 0.4) is 0 Å². The van der Waals surface area contributed by atoms with E-state index in [4.69, 9.17) is 4.74 Å². The van der Waals surface area contributed by atoms with Crippen molar-refractivity contribution in [1.29, 1.82) is 0 Å². The van der Waals surface area contributed by atoms with Gasteiger partial charge in [0.2, 0.25) is 0 Å². The molecule has 0 bridgehead atoms.